The maximum absolute atomic E-state index is 11.9. The maximum Gasteiger partial charge on any atom is 0.358 e. The van der Waals surface area contributed by atoms with Gasteiger partial charge in [0.1, 0.15) is 18.1 Å². The predicted octanol–water partition coefficient (Wildman–Crippen LogP) is 4.52. The molecule has 0 unspecified atom stereocenters. The van der Waals surface area contributed by atoms with Crippen LogP contribution >= 0.6 is 11.3 Å². The van der Waals surface area contributed by atoms with Crippen LogP contribution in [0, 0.1) is 6.92 Å². The van der Waals surface area contributed by atoms with Gasteiger partial charge in [-0.2, -0.15) is 0 Å². The van der Waals surface area contributed by atoms with E-state index < -0.39 is 5.97 Å². The summed E-state index contributed by atoms with van der Waals surface area (Å²) in [4.78, 5) is 17.5. The summed E-state index contributed by atoms with van der Waals surface area (Å²) >= 11 is 1.41. The van der Waals surface area contributed by atoms with Gasteiger partial charge in [-0.3, -0.25) is 0 Å². The van der Waals surface area contributed by atoms with Crippen molar-refractivity contribution < 1.29 is 19.1 Å². The third kappa shape index (κ3) is 5.96. The molecule has 0 aliphatic carbocycles. The lowest BCUT2D eigenvalue weighted by Crippen LogP contribution is -2.13. The fraction of sp³-hybridized carbons (Fsp3) is 0.130. The SMILES string of the molecule is COc1ccc(/C=C\C(=O)O/N=C(\N)c2cccs2)cc1COc1cccc(C)c1. The van der Waals surface area contributed by atoms with Crippen molar-refractivity contribution in [3.8, 4) is 11.5 Å². The van der Waals surface area contributed by atoms with Gasteiger partial charge in [0.2, 0.25) is 0 Å². The quantitative estimate of drug-likeness (QED) is 0.190. The zero-order valence-corrected chi connectivity index (χ0v) is 17.5. The number of carbonyl (C=O) groups is 1. The van der Waals surface area contributed by atoms with Gasteiger partial charge in [0.15, 0.2) is 5.84 Å². The zero-order chi connectivity index (χ0) is 21.3. The number of rotatable bonds is 8. The molecule has 3 rings (SSSR count). The van der Waals surface area contributed by atoms with Gasteiger partial charge >= 0.3 is 5.97 Å². The average molecular weight is 423 g/mol. The smallest absolute Gasteiger partial charge is 0.358 e. The number of benzene rings is 2. The Morgan fingerprint density at radius 2 is 2.03 bits per heavy atom. The van der Waals surface area contributed by atoms with Crippen molar-refractivity contribution in [2.45, 2.75) is 13.5 Å². The van der Waals surface area contributed by atoms with Gasteiger partial charge < -0.3 is 20.0 Å². The Morgan fingerprint density at radius 3 is 2.77 bits per heavy atom. The Labute approximate surface area is 179 Å². The van der Waals surface area contributed by atoms with Crippen molar-refractivity contribution >= 4 is 29.2 Å². The van der Waals surface area contributed by atoms with Crippen LogP contribution in [0.5, 0.6) is 11.5 Å². The highest BCUT2D eigenvalue weighted by Crippen LogP contribution is 2.23. The minimum atomic E-state index is -0.622. The highest BCUT2D eigenvalue weighted by Gasteiger charge is 2.06. The van der Waals surface area contributed by atoms with Crippen LogP contribution in [0.1, 0.15) is 21.6 Å². The summed E-state index contributed by atoms with van der Waals surface area (Å²) in [5, 5.41) is 5.52. The first-order chi connectivity index (χ1) is 14.5. The molecule has 1 heterocycles. The predicted molar refractivity (Wildman–Crippen MR) is 119 cm³/mol. The number of amidine groups is 1. The number of nitrogens with two attached hydrogens (primary N) is 1. The number of methoxy groups -OCH3 is 1. The Balaban J connectivity index is 1.64. The summed E-state index contributed by atoms with van der Waals surface area (Å²) in [5.41, 5.74) is 8.54. The van der Waals surface area contributed by atoms with Crippen molar-refractivity contribution in [1.82, 2.24) is 0 Å². The van der Waals surface area contributed by atoms with E-state index in [4.69, 9.17) is 20.0 Å². The molecule has 7 heteroatoms. The van der Waals surface area contributed by atoms with Crippen LogP contribution in [-0.4, -0.2) is 18.9 Å². The summed E-state index contributed by atoms with van der Waals surface area (Å²) in [6, 6.07) is 17.0. The zero-order valence-electron chi connectivity index (χ0n) is 16.7. The van der Waals surface area contributed by atoms with Crippen molar-refractivity contribution in [3.63, 3.8) is 0 Å². The van der Waals surface area contributed by atoms with Gasteiger partial charge in [0.05, 0.1) is 12.0 Å². The Hall–Kier alpha value is -3.58. The van der Waals surface area contributed by atoms with Crippen molar-refractivity contribution in [3.05, 3.63) is 87.6 Å². The van der Waals surface area contributed by atoms with Crippen LogP contribution in [0.25, 0.3) is 6.08 Å². The molecule has 0 spiro atoms. The second-order valence-electron chi connectivity index (χ2n) is 6.37. The normalized spacial score (nSPS) is 11.5. The van der Waals surface area contributed by atoms with E-state index in [9.17, 15) is 4.79 Å². The van der Waals surface area contributed by atoms with Crippen molar-refractivity contribution in [2.75, 3.05) is 7.11 Å². The highest BCUT2D eigenvalue weighted by molar-refractivity contribution is 7.12. The highest BCUT2D eigenvalue weighted by atomic mass is 32.1. The molecule has 0 fully saturated rings. The van der Waals surface area contributed by atoms with Crippen LogP contribution in [0.3, 0.4) is 0 Å². The monoisotopic (exact) mass is 422 g/mol. The molecule has 154 valence electrons. The minimum Gasteiger partial charge on any atom is -0.496 e. The molecule has 2 N–H and O–H groups in total. The standard InChI is InChI=1S/C23H22N2O4S/c1-16-5-3-6-19(13-16)28-15-18-14-17(8-10-20(18)27-2)9-11-22(26)29-25-23(24)21-7-4-12-30-21/h3-14H,15H2,1-2H3,(H2,24,25)/b11-9-. The second-order valence-corrected chi connectivity index (χ2v) is 7.32. The number of hydrogen-bond acceptors (Lipinski definition) is 6. The lowest BCUT2D eigenvalue weighted by Gasteiger charge is -2.11. The molecule has 0 atom stereocenters. The van der Waals surface area contributed by atoms with E-state index in [0.717, 1.165) is 27.3 Å². The topological polar surface area (TPSA) is 83.1 Å². The van der Waals surface area contributed by atoms with E-state index >= 15 is 0 Å². The van der Waals surface area contributed by atoms with Gasteiger partial charge in [0.25, 0.3) is 0 Å². The largest absolute Gasteiger partial charge is 0.496 e. The molecule has 0 radical (unpaired) electrons. The van der Waals surface area contributed by atoms with E-state index in [2.05, 4.69) is 5.16 Å². The van der Waals surface area contributed by atoms with E-state index in [1.54, 1.807) is 19.3 Å². The average Bonchev–Trinajstić information content (AvgIpc) is 3.30. The molecular formula is C23H22N2O4S. The molecule has 0 saturated carbocycles. The molecule has 0 aliphatic rings. The first-order valence-electron chi connectivity index (χ1n) is 9.18. The molecule has 6 nitrogen and oxygen atoms in total. The summed E-state index contributed by atoms with van der Waals surface area (Å²) < 4.78 is 11.3. The number of carbonyl (C=O) groups excluding carboxylic acids is 1. The number of hydrogen-bond donors (Lipinski definition) is 1. The molecule has 30 heavy (non-hydrogen) atoms. The second kappa shape index (κ2) is 10.3. The minimum absolute atomic E-state index is 0.159. The van der Waals surface area contributed by atoms with Crippen LogP contribution in [-0.2, 0) is 16.2 Å². The number of ether oxygens (including phenoxy) is 2. The van der Waals surface area contributed by atoms with Gasteiger partial charge in [-0.1, -0.05) is 29.4 Å². The number of nitrogens with zero attached hydrogens (tertiary/aromatic N) is 1. The van der Waals surface area contributed by atoms with Crippen LogP contribution in [0.4, 0.5) is 0 Å². The van der Waals surface area contributed by atoms with Crippen molar-refractivity contribution in [2.24, 2.45) is 10.9 Å². The van der Waals surface area contributed by atoms with E-state index in [1.165, 1.54) is 17.4 Å². The van der Waals surface area contributed by atoms with E-state index in [0.29, 0.717) is 12.4 Å². The summed E-state index contributed by atoms with van der Waals surface area (Å²) in [6.07, 6.45) is 2.92. The third-order valence-corrected chi connectivity index (χ3v) is 5.00. The Kier molecular flexibility index (Phi) is 7.24. The molecule has 0 bridgehead atoms. The van der Waals surface area contributed by atoms with Crippen LogP contribution in [0.15, 0.2) is 71.2 Å². The maximum atomic E-state index is 11.9. The molecule has 0 amide bonds. The molecule has 1 aromatic heterocycles. The molecule has 3 aromatic rings. The van der Waals surface area contributed by atoms with Crippen molar-refractivity contribution in [1.29, 1.82) is 0 Å². The molecule has 0 saturated heterocycles. The van der Waals surface area contributed by atoms with Gasteiger partial charge in [-0.15, -0.1) is 11.3 Å². The Bertz CT molecular complexity index is 1060. The van der Waals surface area contributed by atoms with E-state index in [-0.39, 0.29) is 5.84 Å². The number of thiophene rings is 1. The van der Waals surface area contributed by atoms with Crippen LogP contribution in [0.2, 0.25) is 0 Å². The first-order valence-corrected chi connectivity index (χ1v) is 10.1. The summed E-state index contributed by atoms with van der Waals surface area (Å²) in [6.45, 7) is 2.34. The summed E-state index contributed by atoms with van der Waals surface area (Å²) in [5.74, 6) is 1.02. The summed E-state index contributed by atoms with van der Waals surface area (Å²) in [7, 11) is 1.61. The third-order valence-electron chi connectivity index (χ3n) is 4.11. The Morgan fingerprint density at radius 1 is 1.17 bits per heavy atom. The molecule has 2 aromatic carbocycles. The molecule has 0 aliphatic heterocycles. The number of aryl methyl sites for hydroxylation is 1. The van der Waals surface area contributed by atoms with Crippen LogP contribution < -0.4 is 15.2 Å². The first kappa shape index (κ1) is 21.1. The lowest BCUT2D eigenvalue weighted by molar-refractivity contribution is -0.137. The fourth-order valence-corrected chi connectivity index (χ4v) is 3.26. The molecular weight excluding hydrogens is 400 g/mol. The van der Waals surface area contributed by atoms with E-state index in [1.807, 2.05) is 60.8 Å². The van der Waals surface area contributed by atoms with Gasteiger partial charge in [-0.05, 0) is 59.8 Å². The fourth-order valence-electron chi connectivity index (χ4n) is 2.64. The van der Waals surface area contributed by atoms with Gasteiger partial charge in [-0.25, -0.2) is 4.79 Å². The number of oxime groups is 1. The lowest BCUT2D eigenvalue weighted by atomic mass is 10.1. The van der Waals surface area contributed by atoms with Gasteiger partial charge in [0, 0.05) is 11.6 Å².